The van der Waals surface area contributed by atoms with E-state index in [2.05, 4.69) is 10.1 Å². The number of anilines is 1. The van der Waals surface area contributed by atoms with Crippen molar-refractivity contribution in [3.8, 4) is 0 Å². The number of esters is 1. The highest BCUT2D eigenvalue weighted by Crippen LogP contribution is 2.12. The summed E-state index contributed by atoms with van der Waals surface area (Å²) in [6.45, 7) is -0.198. The zero-order valence-corrected chi connectivity index (χ0v) is 9.57. The Morgan fingerprint density at radius 1 is 1.41 bits per heavy atom. The molecular formula is C11H13FN2O3. The van der Waals surface area contributed by atoms with Gasteiger partial charge in [-0.05, 0) is 12.1 Å². The van der Waals surface area contributed by atoms with Crippen LogP contribution in [0.25, 0.3) is 0 Å². The molecule has 0 spiro atoms. The van der Waals surface area contributed by atoms with Crippen molar-refractivity contribution >= 4 is 17.7 Å². The summed E-state index contributed by atoms with van der Waals surface area (Å²) in [5.41, 5.74) is 0.0641. The topological polar surface area (TPSA) is 58.6 Å². The third-order valence-corrected chi connectivity index (χ3v) is 2.06. The van der Waals surface area contributed by atoms with Crippen LogP contribution < -0.4 is 5.32 Å². The second kappa shape index (κ2) is 5.83. The third-order valence-electron chi connectivity index (χ3n) is 2.06. The average molecular weight is 240 g/mol. The zero-order valence-electron chi connectivity index (χ0n) is 9.57. The lowest BCUT2D eigenvalue weighted by molar-refractivity contribution is -0.140. The summed E-state index contributed by atoms with van der Waals surface area (Å²) in [5, 5.41) is 2.34. The number of para-hydroxylation sites is 1. The largest absolute Gasteiger partial charge is 0.468 e. The molecule has 0 aromatic heterocycles. The minimum absolute atomic E-state index is 0.0641. The standard InChI is InChI=1S/C11H13FN2O3/c1-14(7-10(15)17-2)11(16)13-9-6-4-3-5-8(9)12/h3-6H,7H2,1-2H3,(H,13,16). The van der Waals surface area contributed by atoms with Crippen molar-refractivity contribution in [3.63, 3.8) is 0 Å². The van der Waals surface area contributed by atoms with Gasteiger partial charge in [-0.3, -0.25) is 4.79 Å². The number of likely N-dealkylation sites (N-methyl/N-ethyl adjacent to an activating group) is 1. The second-order valence-corrected chi connectivity index (χ2v) is 3.34. The number of halogens is 1. The minimum Gasteiger partial charge on any atom is -0.468 e. The number of ether oxygens (including phenoxy) is 1. The van der Waals surface area contributed by atoms with Gasteiger partial charge in [-0.15, -0.1) is 0 Å². The molecule has 0 unspecified atom stereocenters. The van der Waals surface area contributed by atoms with E-state index in [0.29, 0.717) is 0 Å². The number of nitrogens with one attached hydrogen (secondary N) is 1. The van der Waals surface area contributed by atoms with Gasteiger partial charge in [0, 0.05) is 7.05 Å². The molecule has 1 N–H and O–H groups in total. The van der Waals surface area contributed by atoms with Crippen LogP contribution in [0.1, 0.15) is 0 Å². The maximum absolute atomic E-state index is 13.2. The number of urea groups is 1. The van der Waals surface area contributed by atoms with E-state index in [1.54, 1.807) is 6.07 Å². The molecule has 0 bridgehead atoms. The van der Waals surface area contributed by atoms with E-state index in [-0.39, 0.29) is 12.2 Å². The Morgan fingerprint density at radius 3 is 2.65 bits per heavy atom. The van der Waals surface area contributed by atoms with Crippen LogP contribution in [0.2, 0.25) is 0 Å². The first kappa shape index (κ1) is 13.0. The summed E-state index contributed by atoms with van der Waals surface area (Å²) in [6, 6.07) is 5.19. The Labute approximate surface area is 98.2 Å². The van der Waals surface area contributed by atoms with Crippen molar-refractivity contribution in [3.05, 3.63) is 30.1 Å². The summed E-state index contributed by atoms with van der Waals surface area (Å²) in [5.74, 6) is -1.08. The number of hydrogen-bond acceptors (Lipinski definition) is 3. The number of carbonyl (C=O) groups is 2. The van der Waals surface area contributed by atoms with Gasteiger partial charge >= 0.3 is 12.0 Å². The first-order valence-electron chi connectivity index (χ1n) is 4.88. The van der Waals surface area contributed by atoms with E-state index < -0.39 is 17.8 Å². The van der Waals surface area contributed by atoms with E-state index >= 15 is 0 Å². The summed E-state index contributed by atoms with van der Waals surface area (Å²) >= 11 is 0. The summed E-state index contributed by atoms with van der Waals surface area (Å²) in [6.07, 6.45) is 0. The normalized spacial score (nSPS) is 9.59. The molecule has 5 nitrogen and oxygen atoms in total. The number of benzene rings is 1. The molecule has 1 rings (SSSR count). The fourth-order valence-corrected chi connectivity index (χ4v) is 1.10. The Balaban J connectivity index is 2.60. The molecule has 0 saturated heterocycles. The van der Waals surface area contributed by atoms with E-state index in [1.807, 2.05) is 0 Å². The third kappa shape index (κ3) is 3.75. The average Bonchev–Trinajstić information content (AvgIpc) is 2.31. The van der Waals surface area contributed by atoms with Gasteiger partial charge in [0.15, 0.2) is 0 Å². The van der Waals surface area contributed by atoms with Crippen LogP contribution in [0.3, 0.4) is 0 Å². The van der Waals surface area contributed by atoms with Crippen molar-refractivity contribution in [2.24, 2.45) is 0 Å². The van der Waals surface area contributed by atoms with Crippen LogP contribution in [0, 0.1) is 5.82 Å². The predicted molar refractivity (Wildman–Crippen MR) is 60.1 cm³/mol. The summed E-state index contributed by atoms with van der Waals surface area (Å²) in [7, 11) is 2.64. The molecule has 0 aliphatic heterocycles. The summed E-state index contributed by atoms with van der Waals surface area (Å²) in [4.78, 5) is 23.6. The lowest BCUT2D eigenvalue weighted by Crippen LogP contribution is -2.36. The molecule has 0 atom stereocenters. The van der Waals surface area contributed by atoms with Crippen molar-refractivity contribution in [2.45, 2.75) is 0 Å². The van der Waals surface area contributed by atoms with Gasteiger partial charge in [-0.2, -0.15) is 0 Å². The lowest BCUT2D eigenvalue weighted by atomic mass is 10.3. The molecule has 0 aliphatic carbocycles. The van der Waals surface area contributed by atoms with Gasteiger partial charge in [0.2, 0.25) is 0 Å². The van der Waals surface area contributed by atoms with Gasteiger partial charge in [0.25, 0.3) is 0 Å². The number of methoxy groups -OCH3 is 1. The highest BCUT2D eigenvalue weighted by Gasteiger charge is 2.14. The Hall–Kier alpha value is -2.11. The molecule has 92 valence electrons. The van der Waals surface area contributed by atoms with E-state index in [1.165, 1.54) is 32.4 Å². The van der Waals surface area contributed by atoms with Gasteiger partial charge in [0.05, 0.1) is 12.8 Å². The van der Waals surface area contributed by atoms with E-state index in [0.717, 1.165) is 4.90 Å². The number of nitrogens with zero attached hydrogens (tertiary/aromatic N) is 1. The van der Waals surface area contributed by atoms with Crippen LogP contribution in [-0.4, -0.2) is 37.6 Å². The Kier molecular flexibility index (Phi) is 4.45. The predicted octanol–water partition coefficient (Wildman–Crippen LogP) is 1.46. The molecular weight excluding hydrogens is 227 g/mol. The molecule has 0 radical (unpaired) electrons. The molecule has 1 aromatic carbocycles. The minimum atomic E-state index is -0.583. The Morgan fingerprint density at radius 2 is 2.06 bits per heavy atom. The molecule has 0 heterocycles. The van der Waals surface area contributed by atoms with Crippen LogP contribution in [0.5, 0.6) is 0 Å². The number of amides is 2. The van der Waals surface area contributed by atoms with Crippen molar-refractivity contribution < 1.29 is 18.7 Å². The highest BCUT2D eigenvalue weighted by molar-refractivity contribution is 5.91. The van der Waals surface area contributed by atoms with Crippen molar-refractivity contribution in [1.29, 1.82) is 0 Å². The van der Waals surface area contributed by atoms with Gasteiger partial charge in [-0.25, -0.2) is 9.18 Å². The fraction of sp³-hybridized carbons (Fsp3) is 0.273. The Bertz CT molecular complexity index is 423. The SMILES string of the molecule is COC(=O)CN(C)C(=O)Nc1ccccc1F. The molecule has 0 saturated carbocycles. The molecule has 17 heavy (non-hydrogen) atoms. The van der Waals surface area contributed by atoms with Crippen LogP contribution in [0.4, 0.5) is 14.9 Å². The lowest BCUT2D eigenvalue weighted by Gasteiger charge is -2.16. The first-order chi connectivity index (χ1) is 8.04. The molecule has 2 amide bonds. The monoisotopic (exact) mass is 240 g/mol. The number of hydrogen-bond donors (Lipinski definition) is 1. The van der Waals surface area contributed by atoms with Crippen molar-refractivity contribution in [2.75, 3.05) is 26.0 Å². The maximum Gasteiger partial charge on any atom is 0.325 e. The van der Waals surface area contributed by atoms with E-state index in [4.69, 9.17) is 0 Å². The van der Waals surface area contributed by atoms with Crippen LogP contribution in [0.15, 0.2) is 24.3 Å². The van der Waals surface area contributed by atoms with Crippen LogP contribution in [-0.2, 0) is 9.53 Å². The molecule has 0 fully saturated rings. The van der Waals surface area contributed by atoms with Crippen LogP contribution >= 0.6 is 0 Å². The van der Waals surface area contributed by atoms with Crippen molar-refractivity contribution in [1.82, 2.24) is 4.90 Å². The number of carbonyl (C=O) groups excluding carboxylic acids is 2. The quantitative estimate of drug-likeness (QED) is 0.814. The highest BCUT2D eigenvalue weighted by atomic mass is 19.1. The smallest absolute Gasteiger partial charge is 0.325 e. The molecule has 1 aromatic rings. The van der Waals surface area contributed by atoms with Gasteiger partial charge in [0.1, 0.15) is 12.4 Å². The zero-order chi connectivity index (χ0) is 12.8. The fourth-order valence-electron chi connectivity index (χ4n) is 1.10. The summed E-state index contributed by atoms with van der Waals surface area (Å²) < 4.78 is 17.6. The maximum atomic E-state index is 13.2. The second-order valence-electron chi connectivity index (χ2n) is 3.34. The van der Waals surface area contributed by atoms with E-state index in [9.17, 15) is 14.0 Å². The van der Waals surface area contributed by atoms with Gasteiger partial charge < -0.3 is 15.0 Å². The molecule has 0 aliphatic rings. The first-order valence-corrected chi connectivity index (χ1v) is 4.88. The number of rotatable bonds is 3. The van der Waals surface area contributed by atoms with Gasteiger partial charge in [-0.1, -0.05) is 12.1 Å². The molecule has 6 heteroatoms.